The monoisotopic (exact) mass is 336 g/mol. The van der Waals surface area contributed by atoms with E-state index in [1.165, 1.54) is 6.33 Å². The predicted molar refractivity (Wildman–Crippen MR) is 93.0 cm³/mol. The fraction of sp³-hybridized carbons (Fsp3) is 0.312. The van der Waals surface area contributed by atoms with Gasteiger partial charge in [0.15, 0.2) is 0 Å². The first-order valence-corrected chi connectivity index (χ1v) is 7.74. The van der Waals surface area contributed by atoms with Crippen LogP contribution in [0.15, 0.2) is 41.9 Å². The third kappa shape index (κ3) is 4.42. The second-order valence-electron chi connectivity index (χ2n) is 5.50. The molecule has 116 valence electrons. The summed E-state index contributed by atoms with van der Waals surface area (Å²) in [7, 11) is 0. The van der Waals surface area contributed by atoms with E-state index in [2.05, 4.69) is 36.1 Å². The van der Waals surface area contributed by atoms with E-state index in [4.69, 9.17) is 28.2 Å². The largest absolute Gasteiger partial charge is 0.337 e. The minimum Gasteiger partial charge on any atom is -0.337 e. The van der Waals surface area contributed by atoms with Crippen LogP contribution < -0.4 is 5.32 Å². The lowest BCUT2D eigenvalue weighted by Crippen LogP contribution is -2.23. The zero-order valence-corrected chi connectivity index (χ0v) is 14.3. The van der Waals surface area contributed by atoms with Gasteiger partial charge < -0.3 is 5.32 Å². The summed E-state index contributed by atoms with van der Waals surface area (Å²) >= 11 is 12.3. The van der Waals surface area contributed by atoms with Crippen LogP contribution in [0, 0.1) is 0 Å². The highest BCUT2D eigenvalue weighted by Crippen LogP contribution is 2.24. The van der Waals surface area contributed by atoms with Crippen molar-refractivity contribution in [3.8, 4) is 0 Å². The van der Waals surface area contributed by atoms with Crippen LogP contribution in [0.3, 0.4) is 0 Å². The van der Waals surface area contributed by atoms with E-state index >= 15 is 0 Å². The molecular weight excluding hydrogens is 319 g/mol. The highest BCUT2D eigenvalue weighted by Gasteiger charge is 2.17. The van der Waals surface area contributed by atoms with Gasteiger partial charge in [0.25, 0.3) is 0 Å². The lowest BCUT2D eigenvalue weighted by atomic mass is 10.0. The number of amidine groups is 1. The Labute approximate surface area is 140 Å². The second kappa shape index (κ2) is 7.07. The molecule has 0 saturated heterocycles. The molecular formula is C16H18Cl2N4. The number of hydrogen-bond donors (Lipinski definition) is 1. The minimum absolute atomic E-state index is 0.221. The zero-order valence-electron chi connectivity index (χ0n) is 12.8. The Bertz CT molecular complexity index is 669. The van der Waals surface area contributed by atoms with E-state index in [1.54, 1.807) is 24.5 Å². The molecule has 1 aromatic carbocycles. The predicted octanol–water partition coefficient (Wildman–Crippen LogP) is 4.83. The summed E-state index contributed by atoms with van der Waals surface area (Å²) < 4.78 is 0. The highest BCUT2D eigenvalue weighted by atomic mass is 35.5. The lowest BCUT2D eigenvalue weighted by Gasteiger charge is -2.21. The Morgan fingerprint density at radius 2 is 1.91 bits per heavy atom. The fourth-order valence-electron chi connectivity index (χ4n) is 1.72. The maximum absolute atomic E-state index is 6.33. The number of rotatable bonds is 4. The van der Waals surface area contributed by atoms with Crippen LogP contribution >= 0.6 is 23.2 Å². The molecule has 0 fully saturated rings. The SMILES string of the molecule is CCC(C)(C)/N=C(\Nc1cncnc1)c1ccc(Cl)cc1Cl. The molecule has 1 N–H and O–H groups in total. The van der Waals surface area contributed by atoms with Crippen molar-refractivity contribution in [2.75, 3.05) is 5.32 Å². The van der Waals surface area contributed by atoms with Crippen molar-refractivity contribution >= 4 is 34.7 Å². The molecule has 6 heteroatoms. The van der Waals surface area contributed by atoms with Gasteiger partial charge in [-0.25, -0.2) is 9.97 Å². The third-order valence-electron chi connectivity index (χ3n) is 3.29. The topological polar surface area (TPSA) is 50.2 Å². The maximum atomic E-state index is 6.33. The van der Waals surface area contributed by atoms with Crippen LogP contribution in [0.1, 0.15) is 32.8 Å². The van der Waals surface area contributed by atoms with Gasteiger partial charge in [0.2, 0.25) is 0 Å². The maximum Gasteiger partial charge on any atom is 0.134 e. The van der Waals surface area contributed by atoms with Gasteiger partial charge in [-0.2, -0.15) is 0 Å². The van der Waals surface area contributed by atoms with Crippen LogP contribution in [0.2, 0.25) is 10.0 Å². The normalized spacial score (nSPS) is 12.3. The van der Waals surface area contributed by atoms with Crippen molar-refractivity contribution in [1.82, 2.24) is 9.97 Å². The Hall–Kier alpha value is -1.65. The first-order chi connectivity index (χ1) is 10.4. The Balaban J connectivity index is 2.46. The van der Waals surface area contributed by atoms with E-state index in [0.29, 0.717) is 15.9 Å². The van der Waals surface area contributed by atoms with E-state index in [-0.39, 0.29) is 5.54 Å². The quantitative estimate of drug-likeness (QED) is 0.642. The summed E-state index contributed by atoms with van der Waals surface area (Å²) in [5.74, 6) is 0.670. The molecule has 0 amide bonds. The molecule has 2 rings (SSSR count). The van der Waals surface area contributed by atoms with Gasteiger partial charge in [-0.1, -0.05) is 30.1 Å². The number of hydrogen-bond acceptors (Lipinski definition) is 3. The standard InChI is InChI=1S/C16H18Cl2N4/c1-4-16(2,3)22-15(21-12-8-19-10-20-9-12)13-6-5-11(17)7-14(13)18/h5-10H,4H2,1-3H3,(H,21,22). The molecule has 0 spiro atoms. The van der Waals surface area contributed by atoms with Gasteiger partial charge in [-0.05, 0) is 38.5 Å². The molecule has 1 heterocycles. The molecule has 0 aliphatic rings. The average molecular weight is 337 g/mol. The van der Waals surface area contributed by atoms with Crippen molar-refractivity contribution in [3.05, 3.63) is 52.5 Å². The number of benzene rings is 1. The third-order valence-corrected chi connectivity index (χ3v) is 3.84. The van der Waals surface area contributed by atoms with Crippen molar-refractivity contribution in [1.29, 1.82) is 0 Å². The molecule has 0 radical (unpaired) electrons. The molecule has 22 heavy (non-hydrogen) atoms. The molecule has 0 bridgehead atoms. The summed E-state index contributed by atoms with van der Waals surface area (Å²) in [6.45, 7) is 6.23. The van der Waals surface area contributed by atoms with Crippen LogP contribution in [0.25, 0.3) is 0 Å². The summed E-state index contributed by atoms with van der Waals surface area (Å²) in [6, 6.07) is 5.35. The summed E-state index contributed by atoms with van der Waals surface area (Å²) in [5.41, 5.74) is 1.32. The summed E-state index contributed by atoms with van der Waals surface area (Å²) in [4.78, 5) is 12.8. The summed E-state index contributed by atoms with van der Waals surface area (Å²) in [5, 5.41) is 4.38. The first kappa shape index (κ1) is 16.7. The average Bonchev–Trinajstić information content (AvgIpc) is 2.47. The number of nitrogens with zero attached hydrogens (tertiary/aromatic N) is 3. The molecule has 0 unspecified atom stereocenters. The van der Waals surface area contributed by atoms with Crippen molar-refractivity contribution in [3.63, 3.8) is 0 Å². The Morgan fingerprint density at radius 1 is 1.23 bits per heavy atom. The lowest BCUT2D eigenvalue weighted by molar-refractivity contribution is 0.505. The highest BCUT2D eigenvalue weighted by molar-refractivity contribution is 6.37. The van der Waals surface area contributed by atoms with E-state index in [0.717, 1.165) is 17.7 Å². The van der Waals surface area contributed by atoms with Gasteiger partial charge in [0.05, 0.1) is 28.6 Å². The molecule has 2 aromatic rings. The Kier molecular flexibility index (Phi) is 5.37. The van der Waals surface area contributed by atoms with Gasteiger partial charge in [0, 0.05) is 10.6 Å². The van der Waals surface area contributed by atoms with Crippen molar-refractivity contribution in [2.24, 2.45) is 4.99 Å². The Morgan fingerprint density at radius 3 is 2.50 bits per heavy atom. The number of aromatic nitrogens is 2. The van der Waals surface area contributed by atoms with Crippen LogP contribution in [0.4, 0.5) is 5.69 Å². The number of halogens is 2. The van der Waals surface area contributed by atoms with Crippen LogP contribution in [-0.4, -0.2) is 21.3 Å². The van der Waals surface area contributed by atoms with Crippen LogP contribution in [0.5, 0.6) is 0 Å². The van der Waals surface area contributed by atoms with Crippen LogP contribution in [-0.2, 0) is 0 Å². The van der Waals surface area contributed by atoms with Gasteiger partial charge in [-0.3, -0.25) is 4.99 Å². The van der Waals surface area contributed by atoms with Crippen molar-refractivity contribution < 1.29 is 0 Å². The zero-order chi connectivity index (χ0) is 16.2. The van der Waals surface area contributed by atoms with Gasteiger partial charge >= 0.3 is 0 Å². The number of nitrogens with one attached hydrogen (secondary N) is 1. The molecule has 1 aromatic heterocycles. The number of aliphatic imine (C=N–C) groups is 1. The smallest absolute Gasteiger partial charge is 0.134 e. The minimum atomic E-state index is -0.221. The molecule has 4 nitrogen and oxygen atoms in total. The second-order valence-corrected chi connectivity index (χ2v) is 6.35. The molecule has 0 atom stereocenters. The van der Waals surface area contributed by atoms with Gasteiger partial charge in [-0.15, -0.1) is 0 Å². The molecule has 0 aliphatic heterocycles. The van der Waals surface area contributed by atoms with Crippen molar-refractivity contribution in [2.45, 2.75) is 32.7 Å². The first-order valence-electron chi connectivity index (χ1n) is 6.98. The molecule has 0 saturated carbocycles. The molecule has 0 aliphatic carbocycles. The van der Waals surface area contributed by atoms with E-state index in [1.807, 2.05) is 6.07 Å². The van der Waals surface area contributed by atoms with E-state index < -0.39 is 0 Å². The fourth-order valence-corrected chi connectivity index (χ4v) is 2.22. The number of anilines is 1. The van der Waals surface area contributed by atoms with Gasteiger partial charge in [0.1, 0.15) is 12.2 Å². The van der Waals surface area contributed by atoms with E-state index in [9.17, 15) is 0 Å². The summed E-state index contributed by atoms with van der Waals surface area (Å²) in [6.07, 6.45) is 5.75.